The fourth-order valence-electron chi connectivity index (χ4n) is 3.65. The van der Waals surface area contributed by atoms with Crippen molar-refractivity contribution in [3.8, 4) is 11.8 Å². The fourth-order valence-corrected chi connectivity index (χ4v) is 3.65. The quantitative estimate of drug-likeness (QED) is 0.796. The number of benzene rings is 1. The van der Waals surface area contributed by atoms with Crippen molar-refractivity contribution >= 4 is 11.9 Å². The summed E-state index contributed by atoms with van der Waals surface area (Å²) in [5.41, 5.74) is 0.638. The molecule has 0 unspecified atom stereocenters. The fraction of sp³-hybridized carbons (Fsp3) is 0.526. The van der Waals surface area contributed by atoms with E-state index in [9.17, 15) is 9.59 Å². The Kier molecular flexibility index (Phi) is 5.74. The molecule has 3 rings (SSSR count). The summed E-state index contributed by atoms with van der Waals surface area (Å²) in [6, 6.07) is 8.76. The average molecular weight is 357 g/mol. The number of hydrogen-bond donors (Lipinski definition) is 2. The molecule has 3 atom stereocenters. The van der Waals surface area contributed by atoms with Crippen LogP contribution < -0.4 is 10.1 Å². The number of carbonyl (C=O) groups is 2. The third kappa shape index (κ3) is 4.14. The maximum Gasteiger partial charge on any atom is 0.307 e. The number of likely N-dealkylation sites (tertiary alicyclic amines) is 1. The maximum atomic E-state index is 12.6. The van der Waals surface area contributed by atoms with E-state index < -0.39 is 5.97 Å². The molecule has 0 radical (unpaired) electrons. The van der Waals surface area contributed by atoms with E-state index in [2.05, 4.69) is 11.4 Å². The third-order valence-electron chi connectivity index (χ3n) is 4.98. The first kappa shape index (κ1) is 18.2. The number of nitriles is 1. The van der Waals surface area contributed by atoms with Crippen molar-refractivity contribution in [1.29, 1.82) is 5.26 Å². The topological polar surface area (TPSA) is 103 Å². The molecule has 138 valence electrons. The van der Waals surface area contributed by atoms with Gasteiger partial charge in [-0.25, -0.2) is 0 Å². The van der Waals surface area contributed by atoms with E-state index in [0.717, 1.165) is 25.7 Å². The molecular formula is C19H23N3O4. The first-order valence-corrected chi connectivity index (χ1v) is 8.97. The lowest BCUT2D eigenvalue weighted by molar-refractivity contribution is -0.136. The molecular weight excluding hydrogens is 334 g/mol. The van der Waals surface area contributed by atoms with E-state index in [4.69, 9.17) is 15.1 Å². The van der Waals surface area contributed by atoms with Crippen molar-refractivity contribution in [2.75, 3.05) is 13.2 Å². The molecule has 7 nitrogen and oxygen atoms in total. The summed E-state index contributed by atoms with van der Waals surface area (Å²) in [5.74, 6) is -0.332. The second-order valence-corrected chi connectivity index (χ2v) is 6.80. The van der Waals surface area contributed by atoms with Gasteiger partial charge in [0.25, 0.3) is 0 Å². The molecule has 2 N–H and O–H groups in total. The van der Waals surface area contributed by atoms with Gasteiger partial charge >= 0.3 is 5.97 Å². The van der Waals surface area contributed by atoms with Gasteiger partial charge in [-0.15, -0.1) is 0 Å². The van der Waals surface area contributed by atoms with Crippen LogP contribution in [0.3, 0.4) is 0 Å². The molecule has 7 heteroatoms. The summed E-state index contributed by atoms with van der Waals surface area (Å²) in [5, 5.41) is 21.4. The Morgan fingerprint density at radius 1 is 1.31 bits per heavy atom. The van der Waals surface area contributed by atoms with E-state index in [-0.39, 0.29) is 30.5 Å². The van der Waals surface area contributed by atoms with Gasteiger partial charge in [0.15, 0.2) is 0 Å². The van der Waals surface area contributed by atoms with Gasteiger partial charge in [0.1, 0.15) is 18.4 Å². The normalized spacial score (nSPS) is 25.0. The van der Waals surface area contributed by atoms with Gasteiger partial charge in [-0.2, -0.15) is 5.26 Å². The predicted molar refractivity (Wildman–Crippen MR) is 93.6 cm³/mol. The highest BCUT2D eigenvalue weighted by Crippen LogP contribution is 2.23. The lowest BCUT2D eigenvalue weighted by Gasteiger charge is -2.24. The smallest absolute Gasteiger partial charge is 0.307 e. The molecule has 2 aliphatic heterocycles. The first-order valence-electron chi connectivity index (χ1n) is 8.97. The molecule has 0 aromatic heterocycles. The number of nitrogens with one attached hydrogen (secondary N) is 1. The van der Waals surface area contributed by atoms with Crippen LogP contribution in [0.2, 0.25) is 0 Å². The Morgan fingerprint density at radius 2 is 2.12 bits per heavy atom. The molecule has 2 saturated heterocycles. The SMILES string of the molecule is N#C[C@@H]1CCCN1C(=O)[C@@H]1CC[C@H](COc2ccccc2CC(=O)O)N1. The molecule has 2 heterocycles. The summed E-state index contributed by atoms with van der Waals surface area (Å²) in [4.78, 5) is 25.2. The van der Waals surface area contributed by atoms with Crippen LogP contribution in [0, 0.1) is 11.3 Å². The van der Waals surface area contributed by atoms with Crippen LogP contribution in [-0.2, 0) is 16.0 Å². The second kappa shape index (κ2) is 8.19. The molecule has 2 aliphatic rings. The molecule has 1 aromatic carbocycles. The number of amides is 1. The second-order valence-electron chi connectivity index (χ2n) is 6.80. The van der Waals surface area contributed by atoms with E-state index in [0.29, 0.717) is 24.5 Å². The standard InChI is InChI=1S/C19H23N3O4/c20-11-15-5-3-9-22(15)19(25)16-8-7-14(21-16)12-26-17-6-2-1-4-13(17)10-18(23)24/h1-2,4,6,14-16,21H,3,5,7-10,12H2,(H,23,24)/t14-,15+,16+/m1/s1. The van der Waals surface area contributed by atoms with E-state index in [1.54, 1.807) is 23.1 Å². The van der Waals surface area contributed by atoms with Crippen molar-refractivity contribution in [3.63, 3.8) is 0 Å². The van der Waals surface area contributed by atoms with Gasteiger partial charge in [0.2, 0.25) is 5.91 Å². The molecule has 26 heavy (non-hydrogen) atoms. The van der Waals surface area contributed by atoms with E-state index in [1.807, 2.05) is 6.07 Å². The highest BCUT2D eigenvalue weighted by Gasteiger charge is 2.36. The number of carbonyl (C=O) groups excluding carboxylic acids is 1. The Morgan fingerprint density at radius 3 is 2.88 bits per heavy atom. The molecule has 1 amide bonds. The van der Waals surface area contributed by atoms with Gasteiger partial charge in [0, 0.05) is 18.2 Å². The van der Waals surface area contributed by atoms with Crippen LogP contribution in [0.1, 0.15) is 31.2 Å². The lowest BCUT2D eigenvalue weighted by Crippen LogP contribution is -2.47. The number of aliphatic carboxylic acids is 1. The summed E-state index contributed by atoms with van der Waals surface area (Å²) in [6.07, 6.45) is 3.08. The first-order chi connectivity index (χ1) is 12.6. The summed E-state index contributed by atoms with van der Waals surface area (Å²) < 4.78 is 5.81. The van der Waals surface area contributed by atoms with Crippen LogP contribution in [0.5, 0.6) is 5.75 Å². The summed E-state index contributed by atoms with van der Waals surface area (Å²) >= 11 is 0. The summed E-state index contributed by atoms with van der Waals surface area (Å²) in [6.45, 7) is 1.03. The van der Waals surface area contributed by atoms with Crippen LogP contribution in [-0.4, -0.2) is 53.2 Å². The van der Waals surface area contributed by atoms with Crippen molar-refractivity contribution in [2.45, 2.75) is 50.2 Å². The monoisotopic (exact) mass is 357 g/mol. The summed E-state index contributed by atoms with van der Waals surface area (Å²) in [7, 11) is 0. The van der Waals surface area contributed by atoms with Crippen molar-refractivity contribution in [3.05, 3.63) is 29.8 Å². The van der Waals surface area contributed by atoms with Crippen LogP contribution in [0.15, 0.2) is 24.3 Å². The Hall–Kier alpha value is -2.59. The van der Waals surface area contributed by atoms with Gasteiger partial charge in [0.05, 0.1) is 18.5 Å². The maximum absolute atomic E-state index is 12.6. The molecule has 0 bridgehead atoms. The minimum absolute atomic E-state index is 0.00262. The minimum atomic E-state index is -0.900. The van der Waals surface area contributed by atoms with Gasteiger partial charge < -0.3 is 14.7 Å². The molecule has 0 spiro atoms. The Balaban J connectivity index is 1.53. The van der Waals surface area contributed by atoms with Gasteiger partial charge in [-0.3, -0.25) is 14.9 Å². The highest BCUT2D eigenvalue weighted by atomic mass is 16.5. The van der Waals surface area contributed by atoms with Gasteiger partial charge in [-0.05, 0) is 31.7 Å². The third-order valence-corrected chi connectivity index (χ3v) is 4.98. The zero-order chi connectivity index (χ0) is 18.5. The van der Waals surface area contributed by atoms with Crippen molar-refractivity contribution < 1.29 is 19.4 Å². The largest absolute Gasteiger partial charge is 0.492 e. The number of rotatable bonds is 6. The Labute approximate surface area is 152 Å². The predicted octanol–water partition coefficient (Wildman–Crippen LogP) is 1.33. The number of ether oxygens (including phenoxy) is 1. The van der Waals surface area contributed by atoms with Gasteiger partial charge in [-0.1, -0.05) is 18.2 Å². The number of hydrogen-bond acceptors (Lipinski definition) is 5. The van der Waals surface area contributed by atoms with Crippen molar-refractivity contribution in [2.24, 2.45) is 0 Å². The highest BCUT2D eigenvalue weighted by molar-refractivity contribution is 5.83. The average Bonchev–Trinajstić information content (AvgIpc) is 3.29. The van der Waals surface area contributed by atoms with Crippen LogP contribution in [0.25, 0.3) is 0 Å². The molecule has 0 saturated carbocycles. The number of carboxylic acid groups (broad SMARTS) is 1. The zero-order valence-electron chi connectivity index (χ0n) is 14.6. The molecule has 2 fully saturated rings. The van der Waals surface area contributed by atoms with Crippen molar-refractivity contribution in [1.82, 2.24) is 10.2 Å². The van der Waals surface area contributed by atoms with E-state index in [1.165, 1.54) is 0 Å². The zero-order valence-corrected chi connectivity index (χ0v) is 14.6. The number of carboxylic acids is 1. The molecule has 0 aliphatic carbocycles. The van der Waals surface area contributed by atoms with Crippen LogP contribution in [0.4, 0.5) is 0 Å². The Bertz CT molecular complexity index is 715. The van der Waals surface area contributed by atoms with E-state index >= 15 is 0 Å². The minimum Gasteiger partial charge on any atom is -0.492 e. The van der Waals surface area contributed by atoms with Crippen LogP contribution >= 0.6 is 0 Å². The number of para-hydroxylation sites is 1. The number of nitrogens with zero attached hydrogens (tertiary/aromatic N) is 2. The molecule has 1 aromatic rings. The lowest BCUT2D eigenvalue weighted by atomic mass is 10.1.